The summed E-state index contributed by atoms with van der Waals surface area (Å²) < 4.78 is 4.70. The van der Waals surface area contributed by atoms with Gasteiger partial charge in [-0.25, -0.2) is 4.57 Å². The third-order valence-electron chi connectivity index (χ3n) is 6.12. The van der Waals surface area contributed by atoms with E-state index in [1.54, 1.807) is 0 Å². The summed E-state index contributed by atoms with van der Waals surface area (Å²) in [6.07, 6.45) is 2.19. The van der Waals surface area contributed by atoms with Gasteiger partial charge in [0, 0.05) is 22.4 Å². The van der Waals surface area contributed by atoms with Crippen LogP contribution in [0.25, 0.3) is 27.6 Å². The van der Waals surface area contributed by atoms with Crippen LogP contribution in [0.4, 0.5) is 0 Å². The smallest absolute Gasteiger partial charge is 0.237 e. The highest BCUT2D eigenvalue weighted by Gasteiger charge is 2.27. The largest absolute Gasteiger partial charge is 0.286 e. The molecule has 2 aromatic heterocycles. The van der Waals surface area contributed by atoms with Crippen molar-refractivity contribution < 1.29 is 4.57 Å². The van der Waals surface area contributed by atoms with Gasteiger partial charge in [0.05, 0.1) is 13.2 Å². The first-order valence-corrected chi connectivity index (χ1v) is 10.5. The minimum Gasteiger partial charge on any atom is -0.237 e. The van der Waals surface area contributed by atoms with Crippen molar-refractivity contribution in [2.24, 2.45) is 7.05 Å². The number of hydrogen-bond donors (Lipinski definition) is 0. The highest BCUT2D eigenvalue weighted by molar-refractivity contribution is 6.10. The van der Waals surface area contributed by atoms with Gasteiger partial charge in [-0.15, -0.1) is 0 Å². The fraction of sp³-hybridized carbons (Fsp3) is 0.370. The van der Waals surface area contributed by atoms with Crippen LogP contribution in [0.15, 0.2) is 54.7 Å². The lowest BCUT2D eigenvalue weighted by atomic mass is 9.83. The molecule has 2 nitrogen and oxygen atoms in total. The lowest BCUT2D eigenvalue weighted by Crippen LogP contribution is -2.34. The van der Waals surface area contributed by atoms with E-state index in [-0.39, 0.29) is 10.8 Å². The van der Waals surface area contributed by atoms with Gasteiger partial charge in [0.15, 0.2) is 0 Å². The molecular weight excluding hydrogens is 352 g/mol. The van der Waals surface area contributed by atoms with Gasteiger partial charge >= 0.3 is 0 Å². The first kappa shape index (κ1) is 19.7. The van der Waals surface area contributed by atoms with Crippen LogP contribution in [0.2, 0.25) is 0 Å². The highest BCUT2D eigenvalue weighted by Crippen LogP contribution is 2.38. The minimum absolute atomic E-state index is 0.105. The molecule has 0 aliphatic carbocycles. The fourth-order valence-corrected chi connectivity index (χ4v) is 4.52. The molecule has 0 fully saturated rings. The molecule has 0 N–H and O–H groups in total. The maximum absolute atomic E-state index is 2.46. The summed E-state index contributed by atoms with van der Waals surface area (Å²) in [5, 5.41) is 2.64. The standard InChI is InChI=1S/C27H33N2/c1-18-22(27(5,6)7)14-13-21-20-11-9-10-12-23(20)29(25(18)21)24-17-19(26(2,3)4)15-16-28(24)8/h9-17H,1-8H3/q+1. The number of fused-ring (bicyclic) bond motifs is 3. The lowest BCUT2D eigenvalue weighted by molar-refractivity contribution is -0.665. The zero-order valence-corrected chi connectivity index (χ0v) is 19.1. The third-order valence-corrected chi connectivity index (χ3v) is 6.12. The van der Waals surface area contributed by atoms with Crippen LogP contribution in [0.1, 0.15) is 58.2 Å². The van der Waals surface area contributed by atoms with Crippen molar-refractivity contribution in [1.82, 2.24) is 4.57 Å². The second kappa shape index (κ2) is 6.45. The van der Waals surface area contributed by atoms with E-state index in [4.69, 9.17) is 0 Å². The van der Waals surface area contributed by atoms with Crippen molar-refractivity contribution in [2.45, 2.75) is 59.3 Å². The molecule has 0 atom stereocenters. The minimum atomic E-state index is 0.105. The number of nitrogens with zero attached hydrogens (tertiary/aromatic N) is 2. The summed E-state index contributed by atoms with van der Waals surface area (Å²) >= 11 is 0. The van der Waals surface area contributed by atoms with Crippen LogP contribution in [0, 0.1) is 6.92 Å². The topological polar surface area (TPSA) is 8.81 Å². The van der Waals surface area contributed by atoms with E-state index in [9.17, 15) is 0 Å². The van der Waals surface area contributed by atoms with Crippen LogP contribution < -0.4 is 4.57 Å². The average molecular weight is 386 g/mol. The third kappa shape index (κ3) is 3.15. The zero-order valence-electron chi connectivity index (χ0n) is 19.1. The summed E-state index contributed by atoms with van der Waals surface area (Å²) in [5.74, 6) is 1.21. The Hall–Kier alpha value is -2.61. The molecule has 0 radical (unpaired) electrons. The monoisotopic (exact) mass is 385 g/mol. The van der Waals surface area contributed by atoms with Crippen LogP contribution in [0.3, 0.4) is 0 Å². The molecule has 0 saturated carbocycles. The van der Waals surface area contributed by atoms with E-state index in [1.165, 1.54) is 44.3 Å². The van der Waals surface area contributed by atoms with E-state index in [1.807, 2.05) is 0 Å². The fourth-order valence-electron chi connectivity index (χ4n) is 4.52. The van der Waals surface area contributed by atoms with Gasteiger partial charge in [0.2, 0.25) is 0 Å². The summed E-state index contributed by atoms with van der Waals surface area (Å²) in [6, 6.07) is 18.0. The van der Waals surface area contributed by atoms with Crippen LogP contribution >= 0.6 is 0 Å². The van der Waals surface area contributed by atoms with Crippen LogP contribution in [0.5, 0.6) is 0 Å². The van der Waals surface area contributed by atoms with Gasteiger partial charge in [0.1, 0.15) is 11.0 Å². The Morgan fingerprint density at radius 3 is 2.14 bits per heavy atom. The molecule has 2 aromatic carbocycles. The molecule has 150 valence electrons. The Morgan fingerprint density at radius 2 is 1.48 bits per heavy atom. The Morgan fingerprint density at radius 1 is 0.793 bits per heavy atom. The molecule has 4 rings (SSSR count). The number of aromatic nitrogens is 2. The first-order chi connectivity index (χ1) is 13.5. The lowest BCUT2D eigenvalue weighted by Gasteiger charge is -2.22. The molecule has 2 heteroatoms. The van der Waals surface area contributed by atoms with E-state index in [0.29, 0.717) is 0 Å². The molecule has 29 heavy (non-hydrogen) atoms. The zero-order chi connectivity index (χ0) is 21.1. The number of benzene rings is 2. The van der Waals surface area contributed by atoms with Crippen molar-refractivity contribution in [3.05, 3.63) is 71.4 Å². The summed E-state index contributed by atoms with van der Waals surface area (Å²) in [6.45, 7) is 16.0. The van der Waals surface area contributed by atoms with Crippen molar-refractivity contribution >= 4 is 21.8 Å². The van der Waals surface area contributed by atoms with E-state index < -0.39 is 0 Å². The molecular formula is C27H33N2+. The van der Waals surface area contributed by atoms with Gasteiger partial charge in [-0.2, -0.15) is 4.57 Å². The average Bonchev–Trinajstić information content (AvgIpc) is 2.96. The quantitative estimate of drug-likeness (QED) is 0.330. The number of para-hydroxylation sites is 1. The number of aryl methyl sites for hydroxylation is 2. The van der Waals surface area contributed by atoms with E-state index in [0.717, 1.165) is 0 Å². The van der Waals surface area contributed by atoms with Gasteiger partial charge in [0.25, 0.3) is 5.82 Å². The molecule has 0 saturated heterocycles. The second-order valence-corrected chi connectivity index (χ2v) is 10.4. The molecule has 2 heterocycles. The Balaban J connectivity index is 2.19. The predicted octanol–water partition coefficient (Wildman–Crippen LogP) is 6.51. The van der Waals surface area contributed by atoms with E-state index in [2.05, 4.69) is 119 Å². The van der Waals surface area contributed by atoms with Gasteiger partial charge in [-0.05, 0) is 53.1 Å². The molecule has 0 spiro atoms. The number of hydrogen-bond acceptors (Lipinski definition) is 0. The SMILES string of the molecule is Cc1c(C(C)(C)C)ccc2c3ccccc3n(-c3cc(C(C)(C)C)cc[n+]3C)c12. The molecule has 0 amide bonds. The van der Waals surface area contributed by atoms with Crippen LogP contribution in [-0.2, 0) is 17.9 Å². The van der Waals surface area contributed by atoms with Crippen molar-refractivity contribution in [2.75, 3.05) is 0 Å². The molecule has 0 aliphatic rings. The predicted molar refractivity (Wildman–Crippen MR) is 124 cm³/mol. The van der Waals surface area contributed by atoms with Crippen molar-refractivity contribution in [3.8, 4) is 5.82 Å². The van der Waals surface area contributed by atoms with Gasteiger partial charge in [-0.3, -0.25) is 0 Å². The second-order valence-electron chi connectivity index (χ2n) is 10.4. The van der Waals surface area contributed by atoms with E-state index >= 15 is 0 Å². The first-order valence-electron chi connectivity index (χ1n) is 10.5. The number of pyridine rings is 1. The Kier molecular flexibility index (Phi) is 4.38. The molecule has 0 bridgehead atoms. The Bertz CT molecular complexity index is 1230. The van der Waals surface area contributed by atoms with Crippen molar-refractivity contribution in [1.29, 1.82) is 0 Å². The normalized spacial score (nSPS) is 12.8. The maximum atomic E-state index is 2.46. The van der Waals surface area contributed by atoms with Gasteiger partial charge in [-0.1, -0.05) is 59.7 Å². The summed E-state index contributed by atoms with van der Waals surface area (Å²) in [4.78, 5) is 0. The van der Waals surface area contributed by atoms with Gasteiger partial charge < -0.3 is 0 Å². The Labute approximate surface area is 174 Å². The highest BCUT2D eigenvalue weighted by atomic mass is 15.1. The number of rotatable bonds is 1. The van der Waals surface area contributed by atoms with Crippen molar-refractivity contribution in [3.63, 3.8) is 0 Å². The maximum Gasteiger partial charge on any atom is 0.286 e. The molecule has 0 aliphatic heterocycles. The summed E-state index contributed by atoms with van der Waals surface area (Å²) in [5.41, 5.74) is 6.92. The summed E-state index contributed by atoms with van der Waals surface area (Å²) in [7, 11) is 2.14. The molecule has 4 aromatic rings. The molecule has 0 unspecified atom stereocenters. The van der Waals surface area contributed by atoms with Crippen LogP contribution in [-0.4, -0.2) is 4.57 Å².